The summed E-state index contributed by atoms with van der Waals surface area (Å²) < 4.78 is 12.2. The summed E-state index contributed by atoms with van der Waals surface area (Å²) in [6.07, 6.45) is 10.9. The molecular weight excluding hydrogens is 584 g/mol. The zero-order valence-corrected chi connectivity index (χ0v) is 29.8. The van der Waals surface area contributed by atoms with Crippen molar-refractivity contribution in [3.8, 4) is 0 Å². The second kappa shape index (κ2) is 14.9. The molecular formula is C38H60O8. The van der Waals surface area contributed by atoms with Crippen molar-refractivity contribution in [2.75, 3.05) is 6.61 Å². The molecule has 0 amide bonds. The minimum Gasteiger partial charge on any atom is -0.459 e. The second-order valence-corrected chi connectivity index (χ2v) is 15.2. The highest BCUT2D eigenvalue weighted by Gasteiger charge is 2.74. The van der Waals surface area contributed by atoms with Gasteiger partial charge < -0.3 is 24.8 Å². The van der Waals surface area contributed by atoms with Gasteiger partial charge in [0.2, 0.25) is 0 Å². The lowest BCUT2D eigenvalue weighted by Crippen LogP contribution is -2.65. The number of allylic oxidation sites excluding steroid dienone is 2. The van der Waals surface area contributed by atoms with E-state index in [0.717, 1.165) is 24.8 Å². The van der Waals surface area contributed by atoms with E-state index in [1.165, 1.54) is 38.5 Å². The van der Waals surface area contributed by atoms with Crippen LogP contribution in [0.3, 0.4) is 0 Å². The quantitative estimate of drug-likeness (QED) is 0.0825. The van der Waals surface area contributed by atoms with E-state index < -0.39 is 58.7 Å². The van der Waals surface area contributed by atoms with Gasteiger partial charge in [0.25, 0.3) is 0 Å². The van der Waals surface area contributed by atoms with Crippen molar-refractivity contribution < 1.29 is 39.2 Å². The lowest BCUT2D eigenvalue weighted by atomic mass is 9.59. The first-order valence-electron chi connectivity index (χ1n) is 17.5. The van der Waals surface area contributed by atoms with E-state index in [1.807, 2.05) is 27.7 Å². The van der Waals surface area contributed by atoms with Crippen molar-refractivity contribution in [2.24, 2.45) is 22.7 Å². The number of aliphatic hydroxyl groups excluding tert-OH is 2. The van der Waals surface area contributed by atoms with E-state index in [4.69, 9.17) is 9.47 Å². The molecule has 8 nitrogen and oxygen atoms in total. The van der Waals surface area contributed by atoms with Crippen LogP contribution >= 0.6 is 0 Å². The predicted octanol–water partition coefficient (Wildman–Crippen LogP) is 6.70. The van der Waals surface area contributed by atoms with Crippen LogP contribution < -0.4 is 0 Å². The van der Waals surface area contributed by atoms with Crippen LogP contribution in [0.2, 0.25) is 0 Å². The highest BCUT2D eigenvalue weighted by molar-refractivity contribution is 5.96. The molecule has 3 aliphatic carbocycles. The van der Waals surface area contributed by atoms with Gasteiger partial charge in [-0.25, -0.2) is 4.79 Å². The van der Waals surface area contributed by atoms with Crippen molar-refractivity contribution in [3.05, 3.63) is 34.4 Å². The smallest absolute Gasteiger partial charge is 0.334 e. The fourth-order valence-electron chi connectivity index (χ4n) is 8.10. The van der Waals surface area contributed by atoms with Crippen LogP contribution in [0.5, 0.6) is 0 Å². The number of ether oxygens (including phenoxy) is 2. The van der Waals surface area contributed by atoms with E-state index in [-0.39, 0.29) is 30.2 Å². The molecule has 3 aliphatic rings. The molecule has 1 spiro atoms. The topological polar surface area (TPSA) is 130 Å². The first-order chi connectivity index (χ1) is 21.5. The van der Waals surface area contributed by atoms with E-state index in [2.05, 4.69) is 6.92 Å². The van der Waals surface area contributed by atoms with Crippen molar-refractivity contribution in [1.29, 1.82) is 0 Å². The van der Waals surface area contributed by atoms with Crippen molar-refractivity contribution in [1.82, 2.24) is 0 Å². The number of unbranched alkanes of at least 4 members (excludes halogenated alkanes) is 8. The lowest BCUT2D eigenvalue weighted by molar-refractivity contribution is -0.202. The number of esters is 2. The molecule has 1 saturated carbocycles. The van der Waals surface area contributed by atoms with Gasteiger partial charge in [0.05, 0.1) is 12.0 Å². The number of ketones is 1. The van der Waals surface area contributed by atoms with Gasteiger partial charge in [0, 0.05) is 23.3 Å². The SMILES string of the molecule is CCCCCCCCCCCC(=O)O[C@]1(C)C[C@@H](C)C23C=C(C)[C@H](OC(=O)C(C)=C(C)C)C2(O)C(O)C(CO)=CC(C3=O)C1(C)C. The van der Waals surface area contributed by atoms with Crippen molar-refractivity contribution in [3.63, 3.8) is 0 Å². The van der Waals surface area contributed by atoms with Crippen LogP contribution in [0.25, 0.3) is 0 Å². The Morgan fingerprint density at radius 1 is 0.978 bits per heavy atom. The van der Waals surface area contributed by atoms with E-state index in [1.54, 1.807) is 39.8 Å². The van der Waals surface area contributed by atoms with E-state index in [9.17, 15) is 29.7 Å². The van der Waals surface area contributed by atoms with Gasteiger partial charge in [-0.15, -0.1) is 0 Å². The van der Waals surface area contributed by atoms with Gasteiger partial charge in [-0.05, 0) is 64.5 Å². The standard InChI is InChI=1S/C38H60O8/c1-10-11-12-13-14-15-16-17-18-19-30(40)46-36(9)22-26(5)37-21-25(4)33(45-34(43)27(6)24(2)3)38(37,44)31(41)28(23-39)20-29(32(37)42)35(36,7)8/h20-21,26,29,31,33,39,41,44H,10-19,22-23H2,1-9H3/t26-,29?,31?,33+,36-,37?,38?/m1/s1. The number of aliphatic hydroxyl groups is 3. The highest BCUT2D eigenvalue weighted by Crippen LogP contribution is 2.64. The Kier molecular flexibility index (Phi) is 12.3. The van der Waals surface area contributed by atoms with E-state index in [0.29, 0.717) is 11.1 Å². The molecule has 4 unspecified atom stereocenters. The fourth-order valence-corrected chi connectivity index (χ4v) is 8.10. The summed E-state index contributed by atoms with van der Waals surface area (Å²) in [7, 11) is 0. The molecule has 0 saturated heterocycles. The molecule has 3 N–H and O–H groups in total. The molecule has 0 aromatic heterocycles. The molecule has 3 rings (SSSR count). The van der Waals surface area contributed by atoms with Gasteiger partial charge in [0.15, 0.2) is 17.5 Å². The maximum atomic E-state index is 14.9. The number of carbonyl (C=O) groups is 3. The van der Waals surface area contributed by atoms with Crippen LogP contribution in [0.1, 0.15) is 133 Å². The average molecular weight is 645 g/mol. The fraction of sp³-hybridized carbons (Fsp3) is 0.763. The van der Waals surface area contributed by atoms with Crippen LogP contribution in [-0.4, -0.2) is 63.1 Å². The Morgan fingerprint density at radius 3 is 2.09 bits per heavy atom. The van der Waals surface area contributed by atoms with Crippen molar-refractivity contribution in [2.45, 2.75) is 156 Å². The Balaban J connectivity index is 1.94. The molecule has 0 aromatic rings. The third kappa shape index (κ3) is 6.68. The number of hydrogen-bond acceptors (Lipinski definition) is 8. The minimum atomic E-state index is -2.30. The summed E-state index contributed by atoms with van der Waals surface area (Å²) >= 11 is 0. The maximum Gasteiger partial charge on any atom is 0.334 e. The monoisotopic (exact) mass is 644 g/mol. The van der Waals surface area contributed by atoms with Gasteiger partial charge in [0.1, 0.15) is 11.7 Å². The molecule has 2 bridgehead atoms. The summed E-state index contributed by atoms with van der Waals surface area (Å²) in [5.74, 6) is -2.90. The predicted molar refractivity (Wildman–Crippen MR) is 179 cm³/mol. The average Bonchev–Trinajstić information content (AvgIpc) is 3.16. The van der Waals surface area contributed by atoms with Crippen LogP contribution in [0.15, 0.2) is 34.4 Å². The summed E-state index contributed by atoms with van der Waals surface area (Å²) in [5, 5.41) is 35.0. The molecule has 8 heteroatoms. The highest BCUT2D eigenvalue weighted by atomic mass is 16.6. The summed E-state index contributed by atoms with van der Waals surface area (Å²) in [6, 6.07) is 0. The number of hydrogen-bond donors (Lipinski definition) is 3. The van der Waals surface area contributed by atoms with Crippen LogP contribution in [-0.2, 0) is 23.9 Å². The second-order valence-electron chi connectivity index (χ2n) is 15.2. The molecule has 7 atom stereocenters. The molecule has 260 valence electrons. The van der Waals surface area contributed by atoms with Crippen LogP contribution in [0.4, 0.5) is 0 Å². The molecule has 0 aliphatic heterocycles. The van der Waals surface area contributed by atoms with E-state index >= 15 is 0 Å². The van der Waals surface area contributed by atoms with Crippen molar-refractivity contribution >= 4 is 17.7 Å². The van der Waals surface area contributed by atoms with Gasteiger partial charge in [-0.3, -0.25) is 9.59 Å². The lowest BCUT2D eigenvalue weighted by Gasteiger charge is -2.49. The Hall–Kier alpha value is -2.29. The number of rotatable bonds is 14. The van der Waals surface area contributed by atoms with Crippen LogP contribution in [0, 0.1) is 22.7 Å². The molecule has 1 fully saturated rings. The first kappa shape index (κ1) is 38.2. The largest absolute Gasteiger partial charge is 0.459 e. The van der Waals surface area contributed by atoms with Gasteiger partial charge >= 0.3 is 11.9 Å². The first-order valence-corrected chi connectivity index (χ1v) is 17.5. The zero-order valence-electron chi connectivity index (χ0n) is 29.8. The Labute approximate surface area is 276 Å². The Bertz CT molecular complexity index is 1240. The third-order valence-corrected chi connectivity index (χ3v) is 11.7. The normalized spacial score (nSPS) is 33.3. The molecule has 0 aromatic carbocycles. The molecule has 0 heterocycles. The molecule has 46 heavy (non-hydrogen) atoms. The minimum absolute atomic E-state index is 0.0661. The number of fused-ring (bicyclic) bond motifs is 1. The number of carbonyl (C=O) groups excluding carboxylic acids is 3. The van der Waals surface area contributed by atoms with Gasteiger partial charge in [-0.1, -0.05) is 96.8 Å². The summed E-state index contributed by atoms with van der Waals surface area (Å²) in [6.45, 7) is 15.9. The third-order valence-electron chi connectivity index (χ3n) is 11.7. The summed E-state index contributed by atoms with van der Waals surface area (Å²) in [5.41, 5.74) is -4.46. The zero-order chi connectivity index (χ0) is 34.7. The maximum absolute atomic E-state index is 14.9. The summed E-state index contributed by atoms with van der Waals surface area (Å²) in [4.78, 5) is 41.4. The Morgan fingerprint density at radius 2 is 1.54 bits per heavy atom. The number of Topliss-reactive ketones (excluding diaryl/α,β-unsaturated/α-hetero) is 1. The molecule has 0 radical (unpaired) electrons. The van der Waals surface area contributed by atoms with Gasteiger partial charge in [-0.2, -0.15) is 0 Å².